The van der Waals surface area contributed by atoms with Crippen molar-refractivity contribution in [3.8, 4) is 0 Å². The maximum absolute atomic E-state index is 14.0. The van der Waals surface area contributed by atoms with Gasteiger partial charge in [0.05, 0.1) is 22.0 Å². The lowest BCUT2D eigenvalue weighted by molar-refractivity contribution is -0.116. The van der Waals surface area contributed by atoms with Crippen LogP contribution in [0.4, 0.5) is 15.8 Å². The maximum atomic E-state index is 14.0. The summed E-state index contributed by atoms with van der Waals surface area (Å²) >= 11 is 0. The minimum atomic E-state index is -3.83. The first-order valence-electron chi connectivity index (χ1n) is 9.77. The molecule has 2 aliphatic rings. The van der Waals surface area contributed by atoms with E-state index in [9.17, 15) is 26.0 Å². The third-order valence-corrected chi connectivity index (χ3v) is 9.27. The second kappa shape index (κ2) is 7.88. The summed E-state index contributed by atoms with van der Waals surface area (Å²) in [6.07, 6.45) is -0.0896. The van der Waals surface area contributed by atoms with E-state index < -0.39 is 26.0 Å². The van der Waals surface area contributed by atoms with E-state index in [-0.39, 0.29) is 41.7 Å². The molecule has 31 heavy (non-hydrogen) atoms. The predicted octanol–water partition coefficient (Wildman–Crippen LogP) is 1.71. The second-order valence-electron chi connectivity index (χ2n) is 7.52. The lowest BCUT2D eigenvalue weighted by Crippen LogP contribution is -2.49. The molecular formula is C20H22FN3O5S2. The number of aryl methyl sites for hydroxylation is 1. The fourth-order valence-corrected chi connectivity index (χ4v) is 7.01. The van der Waals surface area contributed by atoms with Crippen LogP contribution in [0.5, 0.6) is 0 Å². The normalized spacial score (nSPS) is 19.7. The van der Waals surface area contributed by atoms with Gasteiger partial charge in [-0.05, 0) is 42.8 Å². The third kappa shape index (κ3) is 3.92. The van der Waals surface area contributed by atoms with Crippen LogP contribution in [0.3, 0.4) is 0 Å². The highest BCUT2D eigenvalue weighted by Crippen LogP contribution is 2.30. The Morgan fingerprint density at radius 1 is 1.00 bits per heavy atom. The molecule has 1 amide bonds. The molecule has 11 heteroatoms. The van der Waals surface area contributed by atoms with Crippen LogP contribution >= 0.6 is 0 Å². The van der Waals surface area contributed by atoms with Crippen molar-refractivity contribution in [2.24, 2.45) is 0 Å². The number of piperazine rings is 1. The molecule has 0 spiro atoms. The molecule has 0 aromatic heterocycles. The number of sulfonamides is 2. The SMILES string of the molecule is Cc1cc(N2C(=O)CCS2(=O)=O)ccc1S(=O)(=O)N1CCN(c2ccccc2F)CC1. The monoisotopic (exact) mass is 467 g/mol. The number of benzene rings is 2. The van der Waals surface area contributed by atoms with Gasteiger partial charge in [0.2, 0.25) is 26.0 Å². The molecule has 2 aromatic rings. The van der Waals surface area contributed by atoms with Crippen molar-refractivity contribution >= 4 is 37.3 Å². The van der Waals surface area contributed by atoms with Gasteiger partial charge in [-0.25, -0.2) is 25.5 Å². The van der Waals surface area contributed by atoms with Crippen molar-refractivity contribution < 1.29 is 26.0 Å². The van der Waals surface area contributed by atoms with Gasteiger partial charge in [-0.1, -0.05) is 12.1 Å². The number of para-hydroxylation sites is 1. The predicted molar refractivity (Wildman–Crippen MR) is 114 cm³/mol. The Hall–Kier alpha value is -2.50. The molecule has 0 saturated carbocycles. The number of nitrogens with zero attached hydrogens (tertiary/aromatic N) is 3. The Kier molecular flexibility index (Phi) is 5.52. The summed E-state index contributed by atoms with van der Waals surface area (Å²) in [5.74, 6) is -1.13. The van der Waals surface area contributed by atoms with Crippen molar-refractivity contribution in [1.82, 2.24) is 4.31 Å². The average Bonchev–Trinajstić information content (AvgIpc) is 3.00. The van der Waals surface area contributed by atoms with Crippen molar-refractivity contribution in [1.29, 1.82) is 0 Å². The van der Waals surface area contributed by atoms with E-state index in [2.05, 4.69) is 0 Å². The summed E-state index contributed by atoms with van der Waals surface area (Å²) in [4.78, 5) is 13.9. The van der Waals surface area contributed by atoms with Crippen LogP contribution < -0.4 is 9.21 Å². The number of amides is 1. The Morgan fingerprint density at radius 2 is 1.68 bits per heavy atom. The highest BCUT2D eigenvalue weighted by Gasteiger charge is 2.37. The smallest absolute Gasteiger partial charge is 0.243 e. The highest BCUT2D eigenvalue weighted by atomic mass is 32.2. The van der Waals surface area contributed by atoms with Crippen LogP contribution in [0.25, 0.3) is 0 Å². The van der Waals surface area contributed by atoms with Crippen LogP contribution in [0.15, 0.2) is 47.4 Å². The first-order valence-corrected chi connectivity index (χ1v) is 12.8. The van der Waals surface area contributed by atoms with E-state index in [4.69, 9.17) is 0 Å². The fraction of sp³-hybridized carbons (Fsp3) is 0.350. The zero-order chi connectivity index (χ0) is 22.4. The number of rotatable bonds is 4. The molecular weight excluding hydrogens is 445 g/mol. The van der Waals surface area contributed by atoms with Gasteiger partial charge in [-0.15, -0.1) is 0 Å². The standard InChI is InChI=1S/C20H22FN3O5S2/c1-15-14-16(24-20(25)8-13-30(24,26)27)6-7-19(15)31(28,29)23-11-9-22(10-12-23)18-5-3-2-4-17(18)21/h2-7,14H,8-13H2,1H3. The van der Waals surface area contributed by atoms with Gasteiger partial charge in [-0.3, -0.25) is 4.79 Å². The van der Waals surface area contributed by atoms with Crippen LogP contribution in [0.2, 0.25) is 0 Å². The molecule has 2 heterocycles. The minimum absolute atomic E-state index is 0.0552. The maximum Gasteiger partial charge on any atom is 0.243 e. The zero-order valence-corrected chi connectivity index (χ0v) is 18.5. The van der Waals surface area contributed by atoms with Gasteiger partial charge >= 0.3 is 0 Å². The van der Waals surface area contributed by atoms with Crippen LogP contribution in [0.1, 0.15) is 12.0 Å². The molecule has 0 atom stereocenters. The Morgan fingerprint density at radius 3 is 2.26 bits per heavy atom. The zero-order valence-electron chi connectivity index (χ0n) is 16.9. The summed E-state index contributed by atoms with van der Waals surface area (Å²) in [6.45, 7) is 2.64. The van der Waals surface area contributed by atoms with Crippen molar-refractivity contribution in [3.05, 3.63) is 53.8 Å². The largest absolute Gasteiger partial charge is 0.367 e. The van der Waals surface area contributed by atoms with E-state index in [0.717, 1.165) is 4.31 Å². The molecule has 4 rings (SSSR count). The number of hydrogen-bond donors (Lipinski definition) is 0. The molecule has 166 valence electrons. The average molecular weight is 468 g/mol. The highest BCUT2D eigenvalue weighted by molar-refractivity contribution is 7.94. The molecule has 8 nitrogen and oxygen atoms in total. The van der Waals surface area contributed by atoms with E-state index in [1.807, 2.05) is 0 Å². The minimum Gasteiger partial charge on any atom is -0.367 e. The summed E-state index contributed by atoms with van der Waals surface area (Å²) in [5.41, 5.74) is 0.934. The molecule has 2 fully saturated rings. The summed E-state index contributed by atoms with van der Waals surface area (Å²) in [5, 5.41) is 0. The topological polar surface area (TPSA) is 95.1 Å². The Balaban J connectivity index is 1.54. The van der Waals surface area contributed by atoms with Crippen molar-refractivity contribution in [3.63, 3.8) is 0 Å². The fourth-order valence-electron chi connectivity index (χ4n) is 3.93. The molecule has 0 N–H and O–H groups in total. The summed E-state index contributed by atoms with van der Waals surface area (Å²) in [6, 6.07) is 10.5. The Labute approximate surface area is 181 Å². The quantitative estimate of drug-likeness (QED) is 0.680. The van der Waals surface area contributed by atoms with E-state index >= 15 is 0 Å². The Bertz CT molecular complexity index is 1240. The summed E-state index contributed by atoms with van der Waals surface area (Å²) < 4.78 is 66.7. The molecule has 0 radical (unpaired) electrons. The van der Waals surface area contributed by atoms with Crippen molar-refractivity contribution in [2.75, 3.05) is 41.1 Å². The second-order valence-corrected chi connectivity index (χ2v) is 11.4. The van der Waals surface area contributed by atoms with Gasteiger partial charge in [-0.2, -0.15) is 4.31 Å². The lowest BCUT2D eigenvalue weighted by Gasteiger charge is -2.35. The van der Waals surface area contributed by atoms with E-state index in [1.54, 1.807) is 30.0 Å². The summed E-state index contributed by atoms with van der Waals surface area (Å²) in [7, 11) is -7.55. The molecule has 2 saturated heterocycles. The molecule has 2 aliphatic heterocycles. The molecule has 0 bridgehead atoms. The molecule has 2 aromatic carbocycles. The van der Waals surface area contributed by atoms with Crippen molar-refractivity contribution in [2.45, 2.75) is 18.2 Å². The number of anilines is 2. The molecule has 0 unspecified atom stereocenters. The van der Waals surface area contributed by atoms with E-state index in [1.165, 1.54) is 28.6 Å². The van der Waals surface area contributed by atoms with Gasteiger partial charge in [0.25, 0.3) is 0 Å². The van der Waals surface area contributed by atoms with Gasteiger partial charge in [0.15, 0.2) is 0 Å². The number of hydrogen-bond acceptors (Lipinski definition) is 6. The van der Waals surface area contributed by atoms with Gasteiger partial charge in [0.1, 0.15) is 5.82 Å². The van der Waals surface area contributed by atoms with Crippen LogP contribution in [0, 0.1) is 12.7 Å². The van der Waals surface area contributed by atoms with E-state index in [0.29, 0.717) is 24.3 Å². The molecule has 0 aliphatic carbocycles. The number of halogens is 1. The number of carbonyl (C=O) groups is 1. The van der Waals surface area contributed by atoms with Gasteiger partial charge < -0.3 is 4.90 Å². The van der Waals surface area contributed by atoms with Gasteiger partial charge in [0, 0.05) is 32.6 Å². The first kappa shape index (κ1) is 21.7. The lowest BCUT2D eigenvalue weighted by atomic mass is 10.2. The van der Waals surface area contributed by atoms with Crippen LogP contribution in [-0.4, -0.2) is 59.0 Å². The third-order valence-electron chi connectivity index (χ3n) is 5.52. The first-order chi connectivity index (χ1) is 14.6. The van der Waals surface area contributed by atoms with Crippen LogP contribution in [-0.2, 0) is 24.8 Å². The number of carbonyl (C=O) groups excluding carboxylic acids is 1.